The summed E-state index contributed by atoms with van der Waals surface area (Å²) in [6, 6.07) is 36.5. The van der Waals surface area contributed by atoms with Crippen molar-refractivity contribution in [2.24, 2.45) is 0 Å². The van der Waals surface area contributed by atoms with Gasteiger partial charge in [-0.1, -0.05) is 83.4 Å². The zero-order chi connectivity index (χ0) is 105. The number of ether oxygens (including phenoxy) is 3. The Bertz CT molecular complexity index is 7750. The number of furan rings is 7. The van der Waals surface area contributed by atoms with Gasteiger partial charge in [0.2, 0.25) is 75.6 Å². The predicted octanol–water partition coefficient (Wildman–Crippen LogP) is 21.6. The number of morpholine rings is 1. The molecular weight excluding hydrogens is 1930 g/mol. The largest absolute Gasteiger partial charge is 0.475 e. The summed E-state index contributed by atoms with van der Waals surface area (Å²) in [6.07, 6.45) is 16.1. The second kappa shape index (κ2) is 45.0. The maximum atomic E-state index is 13.4. The maximum absolute atomic E-state index is 13.4. The molecule has 149 heavy (non-hydrogen) atoms. The molecule has 4 aromatic carbocycles. The summed E-state index contributed by atoms with van der Waals surface area (Å²) in [5.41, 5.74) is 11.0. The Labute approximate surface area is 850 Å². The molecule has 2 aliphatic carbocycles. The van der Waals surface area contributed by atoms with Crippen molar-refractivity contribution in [1.82, 2.24) is 59.8 Å². The van der Waals surface area contributed by atoms with Crippen molar-refractivity contribution in [3.8, 4) is 56.7 Å². The highest BCUT2D eigenvalue weighted by Crippen LogP contribution is 2.44. The lowest BCUT2D eigenvalue weighted by Crippen LogP contribution is -2.37. The fourth-order valence-electron chi connectivity index (χ4n) is 17.8. The molecule has 3 aliphatic heterocycles. The Morgan fingerprint density at radius 3 is 1.20 bits per heavy atom. The number of fused-ring (bicyclic) bond motifs is 8. The Balaban J connectivity index is 0.000000122. The molecule has 40 nitrogen and oxygen atoms in total. The first kappa shape index (κ1) is 104. The predicted molar refractivity (Wildman–Crippen MR) is 550 cm³/mol. The molecule has 5 aliphatic rings. The van der Waals surface area contributed by atoms with E-state index in [1.54, 1.807) is 24.3 Å². The van der Waals surface area contributed by atoms with Gasteiger partial charge in [-0.2, -0.15) is 29.9 Å². The second-order valence-corrected chi connectivity index (χ2v) is 37.8. The molecule has 16 heterocycles. The van der Waals surface area contributed by atoms with Gasteiger partial charge in [0.1, 0.15) is 73.1 Å². The second-order valence-electron chi connectivity index (χ2n) is 37.8. The lowest BCUT2D eigenvalue weighted by molar-refractivity contribution is 0.0655. The molecule has 0 bridgehead atoms. The highest BCUT2D eigenvalue weighted by Gasteiger charge is 2.34. The van der Waals surface area contributed by atoms with Crippen molar-refractivity contribution < 1.29 is 113 Å². The van der Waals surface area contributed by atoms with Crippen molar-refractivity contribution in [2.45, 2.75) is 181 Å². The smallest absolute Gasteiger partial charge is 0.371 e. The van der Waals surface area contributed by atoms with Gasteiger partial charge in [0.05, 0.1) is 24.6 Å². The molecule has 0 radical (unpaired) electrons. The zero-order valence-electron chi connectivity index (χ0n) is 84.0. The van der Waals surface area contributed by atoms with Crippen LogP contribution < -0.4 is 38.9 Å². The number of rotatable bonds is 22. The monoisotopic (exact) mass is 2040 g/mol. The van der Waals surface area contributed by atoms with Crippen LogP contribution in [0.15, 0.2) is 164 Å². The van der Waals surface area contributed by atoms with Crippen LogP contribution in [0.2, 0.25) is 0 Å². The molecule has 0 atom stereocenters. The highest BCUT2D eigenvalue weighted by atomic mass is 19.1. The van der Waals surface area contributed by atoms with E-state index in [1.807, 2.05) is 128 Å². The number of benzene rings is 4. The molecule has 0 amide bonds. The van der Waals surface area contributed by atoms with E-state index in [4.69, 9.17) is 75.6 Å². The summed E-state index contributed by atoms with van der Waals surface area (Å²) in [4.78, 5) is 134. The topological polar surface area (TPSA) is 518 Å². The Morgan fingerprint density at radius 2 is 0.732 bits per heavy atom. The quantitative estimate of drug-likeness (QED) is 0.0367. The minimum absolute atomic E-state index is 0.112. The Kier molecular flexibility index (Phi) is 31.3. The number of nitrogens with zero attached hydrogens (tertiary/aromatic N) is 18. The van der Waals surface area contributed by atoms with E-state index in [1.165, 1.54) is 112 Å². The number of anilines is 6. The number of hydrogen-bond donors (Lipinski definition) is 6. The Morgan fingerprint density at radius 1 is 0.356 bits per heavy atom. The average molecular weight is 2040 g/mol. The first-order valence-electron chi connectivity index (χ1n) is 49.2. The van der Waals surface area contributed by atoms with Gasteiger partial charge in [0.15, 0.2) is 52.2 Å². The molecule has 17 aromatic rings. The minimum Gasteiger partial charge on any atom is -0.475 e. The third kappa shape index (κ3) is 23.4. The molecule has 0 spiro atoms. The summed E-state index contributed by atoms with van der Waals surface area (Å²) < 4.78 is 80.8. The molecule has 13 aromatic heterocycles. The number of para-hydroxylation sites is 1. The highest BCUT2D eigenvalue weighted by molar-refractivity contribution is 5.96. The molecule has 4 fully saturated rings. The fraction of sp³-hybridized carbons (Fsp3) is 0.364. The SMILES string of the molecule is CC(C)N(C)c1nc2oc(C(=O)O)cc2nc1-c1cc2ccccc2o1.CC(C)N(C)c1nc2oc(C(=O)O)cc2nc1-c1ccc2c(c1)OCO2.CC(C)N(C)c1nc2oc(C(=O)O)cc2nc1C1CCCCC1.CC(C)c1nc2cc(C(=O)O)oc2nc1N1CCOCC1.CN(c1nc2oc(C(=O)O)cc2nc1-c1ccc(F)cc1)C1CCCCC1.O=C(O)c1cc2nc(-c3ccc(F)cc3)c(N3CCCCCC3)nc2o1. The first-order chi connectivity index (χ1) is 71.5. The van der Waals surface area contributed by atoms with E-state index in [9.17, 15) is 42.7 Å². The van der Waals surface area contributed by atoms with E-state index in [0.29, 0.717) is 127 Å². The van der Waals surface area contributed by atoms with Gasteiger partial charge in [-0.05, 0) is 165 Å². The molecular formula is C107H112F2N18O22. The maximum Gasteiger partial charge on any atom is 0.371 e. The fourth-order valence-corrected chi connectivity index (χ4v) is 17.8. The average Bonchev–Trinajstić information content (AvgIpc) is 1.61. The van der Waals surface area contributed by atoms with E-state index >= 15 is 0 Å². The summed E-state index contributed by atoms with van der Waals surface area (Å²) in [7, 11) is 7.76. The van der Waals surface area contributed by atoms with Crippen LogP contribution in [0.5, 0.6) is 11.5 Å². The summed E-state index contributed by atoms with van der Waals surface area (Å²) in [6.45, 7) is 21.1. The number of halogens is 2. The normalized spacial score (nSPS) is 14.4. The van der Waals surface area contributed by atoms with Crippen molar-refractivity contribution in [2.75, 3.05) is 104 Å². The van der Waals surface area contributed by atoms with Crippen LogP contribution in [0.1, 0.15) is 232 Å². The van der Waals surface area contributed by atoms with Crippen molar-refractivity contribution in [3.63, 3.8) is 0 Å². The molecule has 2 saturated carbocycles. The lowest BCUT2D eigenvalue weighted by Gasteiger charge is -2.32. The van der Waals surface area contributed by atoms with Gasteiger partial charge in [0, 0.05) is 143 Å². The number of carbonyl (C=O) groups is 6. The first-order valence-corrected chi connectivity index (χ1v) is 49.2. The van der Waals surface area contributed by atoms with Crippen molar-refractivity contribution in [1.29, 1.82) is 0 Å². The molecule has 0 unspecified atom stereocenters. The van der Waals surface area contributed by atoms with Crippen molar-refractivity contribution in [3.05, 3.63) is 191 Å². The van der Waals surface area contributed by atoms with E-state index in [0.717, 1.165) is 115 Å². The van der Waals surface area contributed by atoms with Crippen LogP contribution in [0, 0.1) is 11.6 Å². The molecule has 42 heteroatoms. The van der Waals surface area contributed by atoms with Gasteiger partial charge in [-0.3, -0.25) is 0 Å². The number of hydrogen-bond acceptors (Lipinski definition) is 34. The van der Waals surface area contributed by atoms with Crippen LogP contribution >= 0.6 is 0 Å². The molecule has 776 valence electrons. The van der Waals surface area contributed by atoms with Crippen LogP contribution in [0.4, 0.5) is 43.7 Å². The molecule has 2 saturated heterocycles. The summed E-state index contributed by atoms with van der Waals surface area (Å²) in [5, 5.41) is 55.7. The van der Waals surface area contributed by atoms with E-state index in [2.05, 4.69) is 88.3 Å². The third-order valence-electron chi connectivity index (χ3n) is 26.5. The Hall–Kier alpha value is -16.8. The van der Waals surface area contributed by atoms with E-state index in [-0.39, 0.29) is 106 Å². The number of aromatic carboxylic acids is 6. The van der Waals surface area contributed by atoms with Crippen LogP contribution in [-0.2, 0) is 4.74 Å². The summed E-state index contributed by atoms with van der Waals surface area (Å²) in [5.74, 6) is -2.09. The van der Waals surface area contributed by atoms with Gasteiger partial charge < -0.3 is 105 Å². The standard InChI is InChI=1S/C20H20FN3O3.C19H18FN3O3.C19H17N3O4.C18H17N3O5.C17H23N3O3.C14H17N3O4/c1-24(14-5-3-2-4-6-14)18-17(12-7-9-13(21)10-8-12)22-15-11-16(20(25)26)27-19(15)23-18;20-13-7-5-12(6-8-13)16-17(23-9-3-1-2-4-10-23)22-18-14(21-16)11-15(26-18)19(24)25;1-10(2)22(3)17-16(14-8-11-6-4-5-7-13(11)25-14)20-12-9-15(19(23)24)26-18(12)21-17;1-9(2)21(3)16-15(10-4-5-12-13(6-10)25-8-24-12)19-11-7-14(18(22)23)26-17(11)20-16;1-10(2)20(3)15-14(11-7-5-4-6-8-11)18-12-9-13(17(21)22)23-16(12)19-15;1-8(2)11-12(17-3-5-20-6-4-17)16-13-9(15-11)7-10(21-13)14(18)19/h7-11,14H,2-6H2,1H3,(H,25,26);5-8,11H,1-4,9-10H2,(H,24,25);4-10H,1-3H3,(H,23,24);4-7,9H,8H2,1-3H3,(H,22,23);9-11H,4-8H2,1-3H3,(H,21,22);7-8H,3-6H2,1-2H3,(H,18,19). The van der Waals surface area contributed by atoms with Crippen LogP contribution in [0.25, 0.3) is 124 Å². The zero-order valence-corrected chi connectivity index (χ0v) is 84.0. The number of carboxylic acid groups (broad SMARTS) is 6. The third-order valence-corrected chi connectivity index (χ3v) is 26.5. The van der Waals surface area contributed by atoms with E-state index < -0.39 is 35.8 Å². The van der Waals surface area contributed by atoms with Crippen LogP contribution in [0.3, 0.4) is 0 Å². The van der Waals surface area contributed by atoms with Gasteiger partial charge in [-0.15, -0.1) is 0 Å². The van der Waals surface area contributed by atoms with Crippen molar-refractivity contribution >= 4 is 149 Å². The number of carboxylic acids is 6. The van der Waals surface area contributed by atoms with Gasteiger partial charge >= 0.3 is 35.8 Å². The van der Waals surface area contributed by atoms with Gasteiger partial charge in [-0.25, -0.2) is 67.5 Å². The molecule has 6 N–H and O–H groups in total. The minimum atomic E-state index is -1.17. The number of aromatic nitrogens is 12. The van der Waals surface area contributed by atoms with Crippen LogP contribution in [-0.4, -0.2) is 225 Å². The van der Waals surface area contributed by atoms with Gasteiger partial charge in [0.25, 0.3) is 0 Å². The molecule has 22 rings (SSSR count). The lowest BCUT2D eigenvalue weighted by atomic mass is 9.86. The summed E-state index contributed by atoms with van der Waals surface area (Å²) >= 11 is 0.